The topological polar surface area (TPSA) is 69.6 Å². The molecule has 5 nitrogen and oxygen atoms in total. The lowest BCUT2D eigenvalue weighted by Gasteiger charge is -2.29. The van der Waals surface area contributed by atoms with E-state index in [4.69, 9.17) is 0 Å². The molecule has 1 saturated heterocycles. The van der Waals surface area contributed by atoms with E-state index >= 15 is 0 Å². The van der Waals surface area contributed by atoms with Crippen LogP contribution in [0.4, 0.5) is 0 Å². The number of nitrogens with zero attached hydrogens (tertiary/aromatic N) is 1. The second-order valence-electron chi connectivity index (χ2n) is 7.68. The number of nitrogens with one attached hydrogen (secondary N) is 1. The molecule has 2 aliphatic rings. The van der Waals surface area contributed by atoms with Crippen molar-refractivity contribution in [3.8, 4) is 0 Å². The second kappa shape index (κ2) is 7.44. The molecule has 0 aromatic heterocycles. The second-order valence-corrected chi connectivity index (χ2v) is 7.68. The van der Waals surface area contributed by atoms with E-state index in [1.165, 1.54) is 12.8 Å². The molecule has 0 aromatic carbocycles. The molecule has 1 atom stereocenters. The van der Waals surface area contributed by atoms with Gasteiger partial charge in [0.25, 0.3) is 0 Å². The normalized spacial score (nSPS) is 25.8. The molecule has 1 aliphatic heterocycles. The summed E-state index contributed by atoms with van der Waals surface area (Å²) in [6.45, 7) is 5.41. The number of aliphatic hydroxyl groups is 1. The third kappa shape index (κ3) is 5.27. The fraction of sp³-hybridized carbons (Fsp3) is 0.882. The van der Waals surface area contributed by atoms with Gasteiger partial charge < -0.3 is 15.3 Å². The monoisotopic (exact) mass is 310 g/mol. The number of amides is 2. The van der Waals surface area contributed by atoms with E-state index in [-0.39, 0.29) is 36.2 Å². The minimum atomic E-state index is -0.335. The Hall–Kier alpha value is -1.10. The van der Waals surface area contributed by atoms with Gasteiger partial charge in [-0.1, -0.05) is 26.7 Å². The van der Waals surface area contributed by atoms with E-state index in [0.29, 0.717) is 25.6 Å². The Morgan fingerprint density at radius 1 is 1.18 bits per heavy atom. The lowest BCUT2D eigenvalue weighted by Crippen LogP contribution is -2.38. The Labute approximate surface area is 133 Å². The van der Waals surface area contributed by atoms with E-state index in [9.17, 15) is 14.7 Å². The van der Waals surface area contributed by atoms with Crippen molar-refractivity contribution in [1.82, 2.24) is 10.2 Å². The number of aliphatic hydroxyl groups excluding tert-OH is 1. The zero-order valence-electron chi connectivity index (χ0n) is 13.9. The van der Waals surface area contributed by atoms with E-state index in [0.717, 1.165) is 19.3 Å². The van der Waals surface area contributed by atoms with Crippen molar-refractivity contribution < 1.29 is 14.7 Å². The van der Waals surface area contributed by atoms with Crippen LogP contribution in [-0.4, -0.2) is 47.1 Å². The molecule has 2 N–H and O–H groups in total. The molecular weight excluding hydrogens is 280 g/mol. The molecule has 0 radical (unpaired) electrons. The highest BCUT2D eigenvalue weighted by atomic mass is 16.3. The van der Waals surface area contributed by atoms with Crippen molar-refractivity contribution >= 4 is 11.8 Å². The van der Waals surface area contributed by atoms with Crippen molar-refractivity contribution in [1.29, 1.82) is 0 Å². The first-order valence-electron chi connectivity index (χ1n) is 8.61. The van der Waals surface area contributed by atoms with E-state index < -0.39 is 0 Å². The number of hydrogen-bond acceptors (Lipinski definition) is 3. The van der Waals surface area contributed by atoms with E-state index in [1.807, 2.05) is 4.90 Å². The van der Waals surface area contributed by atoms with Crippen LogP contribution in [-0.2, 0) is 9.59 Å². The molecule has 0 spiro atoms. The maximum atomic E-state index is 12.4. The Bertz CT molecular complexity index is 403. The maximum absolute atomic E-state index is 12.4. The van der Waals surface area contributed by atoms with Crippen molar-refractivity contribution in [2.75, 3.05) is 13.1 Å². The number of carbonyl (C=O) groups is 2. The zero-order valence-corrected chi connectivity index (χ0v) is 13.9. The van der Waals surface area contributed by atoms with Gasteiger partial charge in [0.15, 0.2) is 0 Å². The van der Waals surface area contributed by atoms with Gasteiger partial charge in [-0.05, 0) is 31.1 Å². The number of likely N-dealkylation sites (tertiary alicyclic amines) is 1. The minimum Gasteiger partial charge on any atom is -0.393 e. The zero-order chi connectivity index (χ0) is 16.2. The lowest BCUT2D eigenvalue weighted by molar-refractivity contribution is -0.134. The highest BCUT2D eigenvalue weighted by Crippen LogP contribution is 2.28. The molecule has 126 valence electrons. The number of hydrogen-bond donors (Lipinski definition) is 2. The Morgan fingerprint density at radius 3 is 2.55 bits per heavy atom. The molecule has 0 aromatic rings. The predicted octanol–water partition coefficient (Wildman–Crippen LogP) is 1.83. The number of carbonyl (C=O) groups excluding carboxylic acids is 2. The molecule has 0 unspecified atom stereocenters. The molecule has 1 aliphatic carbocycles. The molecule has 1 saturated carbocycles. The highest BCUT2D eigenvalue weighted by molar-refractivity contribution is 5.84. The Morgan fingerprint density at radius 2 is 1.86 bits per heavy atom. The van der Waals surface area contributed by atoms with Crippen molar-refractivity contribution in [2.45, 2.75) is 77.4 Å². The molecule has 1 heterocycles. The van der Waals surface area contributed by atoms with Crippen LogP contribution in [0.1, 0.15) is 65.2 Å². The summed E-state index contributed by atoms with van der Waals surface area (Å²) < 4.78 is 0. The van der Waals surface area contributed by atoms with Crippen LogP contribution in [0, 0.1) is 5.41 Å². The summed E-state index contributed by atoms with van der Waals surface area (Å²) in [6.07, 6.45) is 6.07. The average Bonchev–Trinajstić information content (AvgIpc) is 2.87. The third-order valence-electron chi connectivity index (χ3n) is 4.78. The maximum Gasteiger partial charge on any atom is 0.223 e. The molecule has 0 bridgehead atoms. The summed E-state index contributed by atoms with van der Waals surface area (Å²) in [5.41, 5.74) is -0.0717. The van der Waals surface area contributed by atoms with Gasteiger partial charge in [-0.25, -0.2) is 0 Å². The third-order valence-corrected chi connectivity index (χ3v) is 4.78. The quantitative estimate of drug-likeness (QED) is 0.832. The van der Waals surface area contributed by atoms with Gasteiger partial charge >= 0.3 is 0 Å². The Balaban J connectivity index is 1.77. The van der Waals surface area contributed by atoms with Crippen LogP contribution >= 0.6 is 0 Å². The smallest absolute Gasteiger partial charge is 0.223 e. The van der Waals surface area contributed by atoms with Gasteiger partial charge in [0.1, 0.15) is 0 Å². The fourth-order valence-electron chi connectivity index (χ4n) is 3.67. The molecule has 2 amide bonds. The summed E-state index contributed by atoms with van der Waals surface area (Å²) in [5, 5.41) is 12.9. The van der Waals surface area contributed by atoms with E-state index in [2.05, 4.69) is 19.2 Å². The van der Waals surface area contributed by atoms with Crippen LogP contribution < -0.4 is 5.32 Å². The fourth-order valence-corrected chi connectivity index (χ4v) is 3.67. The van der Waals surface area contributed by atoms with Gasteiger partial charge in [0.05, 0.1) is 6.10 Å². The molecule has 5 heteroatoms. The first kappa shape index (κ1) is 17.3. The van der Waals surface area contributed by atoms with Gasteiger partial charge in [-0.15, -0.1) is 0 Å². The standard InChI is InChI=1S/C17H30N2O3/c1-17(2)11-14(20)9-10-19(12-17)16(22)8-7-15(21)18-13-5-3-4-6-13/h13-14,20H,3-12H2,1-2H3,(H,18,21)/t14-/m0/s1. The van der Waals surface area contributed by atoms with Crippen molar-refractivity contribution in [2.24, 2.45) is 5.41 Å². The first-order chi connectivity index (χ1) is 10.4. The minimum absolute atomic E-state index is 0.00522. The van der Waals surface area contributed by atoms with E-state index in [1.54, 1.807) is 0 Å². The largest absolute Gasteiger partial charge is 0.393 e. The van der Waals surface area contributed by atoms with Gasteiger partial charge in [0, 0.05) is 32.0 Å². The summed E-state index contributed by atoms with van der Waals surface area (Å²) in [7, 11) is 0. The SMILES string of the molecule is CC1(C)C[C@@H](O)CCN(C(=O)CCC(=O)NC2CCCC2)C1. The average molecular weight is 310 g/mol. The molecule has 2 rings (SSSR count). The summed E-state index contributed by atoms with van der Waals surface area (Å²) in [5.74, 6) is 0.0260. The van der Waals surface area contributed by atoms with Crippen molar-refractivity contribution in [3.05, 3.63) is 0 Å². The molecule has 2 fully saturated rings. The van der Waals surface area contributed by atoms with Crippen LogP contribution in [0.25, 0.3) is 0 Å². The Kier molecular flexibility index (Phi) is 5.84. The first-order valence-corrected chi connectivity index (χ1v) is 8.61. The van der Waals surface area contributed by atoms with Gasteiger partial charge in [-0.2, -0.15) is 0 Å². The highest BCUT2D eigenvalue weighted by Gasteiger charge is 2.31. The van der Waals surface area contributed by atoms with Crippen LogP contribution in [0.15, 0.2) is 0 Å². The summed E-state index contributed by atoms with van der Waals surface area (Å²) in [4.78, 5) is 26.1. The van der Waals surface area contributed by atoms with Crippen molar-refractivity contribution in [3.63, 3.8) is 0 Å². The van der Waals surface area contributed by atoms with Crippen LogP contribution in [0.5, 0.6) is 0 Å². The van der Waals surface area contributed by atoms with Crippen LogP contribution in [0.3, 0.4) is 0 Å². The summed E-state index contributed by atoms with van der Waals surface area (Å²) >= 11 is 0. The summed E-state index contributed by atoms with van der Waals surface area (Å²) in [6, 6.07) is 0.315. The van der Waals surface area contributed by atoms with Gasteiger partial charge in [0.2, 0.25) is 11.8 Å². The number of rotatable bonds is 4. The van der Waals surface area contributed by atoms with Crippen LogP contribution in [0.2, 0.25) is 0 Å². The predicted molar refractivity (Wildman–Crippen MR) is 85.2 cm³/mol. The lowest BCUT2D eigenvalue weighted by atomic mass is 9.87. The van der Waals surface area contributed by atoms with Gasteiger partial charge in [-0.3, -0.25) is 9.59 Å². The molecular formula is C17H30N2O3. The molecule has 22 heavy (non-hydrogen) atoms.